The first-order valence-corrected chi connectivity index (χ1v) is 12.4. The molecule has 32 heavy (non-hydrogen) atoms. The average molecular weight is 493 g/mol. The van der Waals surface area contributed by atoms with Crippen LogP contribution >= 0.6 is 12.0 Å². The van der Waals surface area contributed by atoms with Crippen molar-refractivity contribution in [2.24, 2.45) is 0 Å². The molecular formula is C21H16O8S3. The van der Waals surface area contributed by atoms with Crippen LogP contribution in [0.2, 0.25) is 0 Å². The zero-order valence-electron chi connectivity index (χ0n) is 16.4. The summed E-state index contributed by atoms with van der Waals surface area (Å²) in [7, 11) is -8.81. The smallest absolute Gasteiger partial charge is 0.294 e. The molecule has 0 bridgehead atoms. The Morgan fingerprint density at radius 2 is 1.66 bits per heavy atom. The van der Waals surface area contributed by atoms with Gasteiger partial charge in [0.15, 0.2) is 0 Å². The van der Waals surface area contributed by atoms with E-state index in [1.54, 1.807) is 24.3 Å². The Labute approximate surface area is 189 Å². The van der Waals surface area contributed by atoms with Crippen molar-refractivity contribution in [2.45, 2.75) is 26.5 Å². The molecule has 3 rings (SSSR count). The molecule has 0 spiro atoms. The monoisotopic (exact) mass is 492 g/mol. The van der Waals surface area contributed by atoms with Crippen LogP contribution in [0.25, 0.3) is 0 Å². The fourth-order valence-electron chi connectivity index (χ4n) is 2.78. The summed E-state index contributed by atoms with van der Waals surface area (Å²) in [4.78, 5) is -0.944. The predicted octanol–water partition coefficient (Wildman–Crippen LogP) is 4.34. The van der Waals surface area contributed by atoms with Crippen LogP contribution in [0.15, 0.2) is 80.2 Å². The molecule has 2 N–H and O–H groups in total. The van der Waals surface area contributed by atoms with Crippen LogP contribution in [-0.4, -0.2) is 26.6 Å². The molecule has 0 atom stereocenters. The predicted molar refractivity (Wildman–Crippen MR) is 117 cm³/mol. The first-order chi connectivity index (χ1) is 15.1. The van der Waals surface area contributed by atoms with E-state index < -0.39 is 24.9 Å². The minimum atomic E-state index is -4.62. The van der Waals surface area contributed by atoms with Crippen LogP contribution in [0.3, 0.4) is 0 Å². The van der Waals surface area contributed by atoms with E-state index in [9.17, 15) is 21.4 Å². The Balaban J connectivity index is 2.05. The number of ether oxygens (including phenoxy) is 1. The Morgan fingerprint density at radius 3 is 2.31 bits per heavy atom. The fraction of sp³-hybridized carbons (Fsp3) is 0.0476. The maximum absolute atomic E-state index is 13.1. The lowest BCUT2D eigenvalue weighted by atomic mass is 10.2. The summed E-state index contributed by atoms with van der Waals surface area (Å²) in [5, 5.41) is 8.90. The van der Waals surface area contributed by atoms with E-state index in [2.05, 4.69) is 10.3 Å². The lowest BCUT2D eigenvalue weighted by Gasteiger charge is -2.13. The fourth-order valence-corrected chi connectivity index (χ4v) is 5.44. The number of hydrogen-bond donors (Lipinski definition) is 2. The lowest BCUT2D eigenvalue weighted by molar-refractivity contribution is -0.116. The van der Waals surface area contributed by atoms with Crippen molar-refractivity contribution in [2.75, 3.05) is 0 Å². The third-order valence-electron chi connectivity index (χ3n) is 4.33. The van der Waals surface area contributed by atoms with Gasteiger partial charge in [-0.25, -0.2) is 13.7 Å². The summed E-state index contributed by atoms with van der Waals surface area (Å²) in [5.74, 6) is 3.03. The number of aryl methyl sites for hydroxylation is 1. The van der Waals surface area contributed by atoms with Gasteiger partial charge < -0.3 is 4.74 Å². The minimum absolute atomic E-state index is 0.127. The van der Waals surface area contributed by atoms with Crippen molar-refractivity contribution >= 4 is 32.0 Å². The van der Waals surface area contributed by atoms with Gasteiger partial charge in [-0.3, -0.25) is 4.55 Å². The molecule has 11 heteroatoms. The average Bonchev–Trinajstić information content (AvgIpc) is 2.74. The highest BCUT2D eigenvalue weighted by molar-refractivity contribution is 7.94. The van der Waals surface area contributed by atoms with Gasteiger partial charge in [0.25, 0.3) is 10.1 Å². The van der Waals surface area contributed by atoms with Crippen LogP contribution < -0.4 is 4.74 Å². The van der Waals surface area contributed by atoms with Crippen LogP contribution in [0.5, 0.6) is 11.5 Å². The second-order valence-corrected chi connectivity index (χ2v) is 10.5. The molecule has 3 aromatic carbocycles. The van der Waals surface area contributed by atoms with Gasteiger partial charge in [0.1, 0.15) is 11.5 Å². The van der Waals surface area contributed by atoms with Gasteiger partial charge >= 0.3 is 0 Å². The second-order valence-electron chi connectivity index (χ2n) is 6.45. The highest BCUT2D eigenvalue weighted by Gasteiger charge is 2.24. The molecule has 0 aromatic heterocycles. The molecule has 0 heterocycles. The largest absolute Gasteiger partial charge is 0.456 e. The molecule has 8 nitrogen and oxygen atoms in total. The molecule has 0 fully saturated rings. The number of benzene rings is 3. The maximum atomic E-state index is 13.1. The molecule has 0 unspecified atom stereocenters. The summed E-state index contributed by atoms with van der Waals surface area (Å²) in [6, 6.07) is 13.8. The number of sulfone groups is 1. The highest BCUT2D eigenvalue weighted by Crippen LogP contribution is 2.36. The molecule has 0 saturated heterocycles. The summed E-state index contributed by atoms with van der Waals surface area (Å²) in [5.41, 5.74) is 0.762. The van der Waals surface area contributed by atoms with E-state index in [1.165, 1.54) is 37.3 Å². The van der Waals surface area contributed by atoms with Crippen LogP contribution in [-0.2, 0) is 24.3 Å². The van der Waals surface area contributed by atoms with Gasteiger partial charge in [0, 0.05) is 5.56 Å². The number of rotatable bonds is 7. The summed E-state index contributed by atoms with van der Waals surface area (Å²) in [6.07, 6.45) is 5.38. The third-order valence-corrected chi connectivity index (χ3v) is 7.65. The molecule has 166 valence electrons. The van der Waals surface area contributed by atoms with Crippen molar-refractivity contribution in [3.05, 3.63) is 71.8 Å². The third kappa shape index (κ3) is 5.13. The zero-order chi connectivity index (χ0) is 23.5. The molecule has 3 aromatic rings. The van der Waals surface area contributed by atoms with E-state index in [4.69, 9.17) is 16.4 Å². The lowest BCUT2D eigenvalue weighted by Crippen LogP contribution is -2.07. The summed E-state index contributed by atoms with van der Waals surface area (Å²) >= 11 is 0.456. The molecule has 0 amide bonds. The van der Waals surface area contributed by atoms with Gasteiger partial charge in [-0.15, -0.1) is 6.42 Å². The van der Waals surface area contributed by atoms with E-state index >= 15 is 0 Å². The zero-order valence-corrected chi connectivity index (χ0v) is 18.9. The maximum Gasteiger partial charge on any atom is 0.294 e. The van der Waals surface area contributed by atoms with Gasteiger partial charge in [0.2, 0.25) is 9.84 Å². The first-order valence-electron chi connectivity index (χ1n) is 8.76. The van der Waals surface area contributed by atoms with E-state index in [-0.39, 0.29) is 26.0 Å². The van der Waals surface area contributed by atoms with Gasteiger partial charge in [0.05, 0.1) is 31.6 Å². The highest BCUT2D eigenvalue weighted by atomic mass is 32.2. The second kappa shape index (κ2) is 9.33. The molecule has 0 aliphatic carbocycles. The number of hydrogen-bond acceptors (Lipinski definition) is 8. The Morgan fingerprint density at radius 1 is 0.969 bits per heavy atom. The minimum Gasteiger partial charge on any atom is -0.456 e. The summed E-state index contributed by atoms with van der Waals surface area (Å²) < 4.78 is 68.5. The molecule has 0 saturated carbocycles. The van der Waals surface area contributed by atoms with Gasteiger partial charge in [-0.2, -0.15) is 12.8 Å². The van der Waals surface area contributed by atoms with Crippen LogP contribution in [0.1, 0.15) is 11.1 Å². The first kappa shape index (κ1) is 23.8. The molecular weight excluding hydrogens is 476 g/mol. The normalized spacial score (nSPS) is 11.7. The van der Waals surface area contributed by atoms with Crippen LogP contribution in [0.4, 0.5) is 0 Å². The van der Waals surface area contributed by atoms with Gasteiger partial charge in [-0.05, 0) is 61.0 Å². The van der Waals surface area contributed by atoms with Crippen molar-refractivity contribution in [3.8, 4) is 23.8 Å². The Kier molecular flexibility index (Phi) is 6.94. The summed E-state index contributed by atoms with van der Waals surface area (Å²) in [6.45, 7) is 1.42. The molecule has 0 aliphatic heterocycles. The number of terminal acetylenes is 1. The van der Waals surface area contributed by atoms with Gasteiger partial charge in [-0.1, -0.05) is 18.1 Å². The SMILES string of the molecule is C#Cc1cccc(Oc2ccc(S(=O)(=O)c3ccc(C)c(S(=O)(=O)O)c3)cc2SOO)c1. The van der Waals surface area contributed by atoms with Crippen molar-refractivity contribution in [1.82, 2.24) is 0 Å². The van der Waals surface area contributed by atoms with Crippen molar-refractivity contribution in [3.63, 3.8) is 0 Å². The van der Waals surface area contributed by atoms with E-state index in [0.29, 0.717) is 23.4 Å². The topological polar surface area (TPSA) is 127 Å². The Hall–Kier alpha value is -2.85. The van der Waals surface area contributed by atoms with Crippen molar-refractivity contribution < 1.29 is 35.7 Å². The molecule has 0 radical (unpaired) electrons. The standard InChI is InChI=1S/C21H16O8S3/c1-3-15-5-4-6-16(11-15)28-19-10-9-17(12-20(19)30-29-22)31(23,24)18-8-7-14(2)21(13-18)32(25,26)27/h1,4-13,22H,2H3,(H,25,26,27). The molecule has 0 aliphatic rings. The van der Waals surface area contributed by atoms with E-state index in [1.807, 2.05) is 0 Å². The van der Waals surface area contributed by atoms with Crippen LogP contribution in [0, 0.1) is 19.3 Å². The quantitative estimate of drug-likeness (QED) is 0.163. The van der Waals surface area contributed by atoms with Crippen molar-refractivity contribution in [1.29, 1.82) is 0 Å². The Bertz CT molecular complexity index is 1420. The van der Waals surface area contributed by atoms with E-state index in [0.717, 1.165) is 6.07 Å².